The van der Waals surface area contributed by atoms with Crippen LogP contribution in [0.4, 0.5) is 0 Å². The second-order valence-electron chi connectivity index (χ2n) is 5.61. The lowest BCUT2D eigenvalue weighted by Gasteiger charge is -2.41. The van der Waals surface area contributed by atoms with Gasteiger partial charge < -0.3 is 14.2 Å². The fourth-order valence-corrected chi connectivity index (χ4v) is 2.91. The molecule has 1 heterocycles. The van der Waals surface area contributed by atoms with Crippen LogP contribution in [0.15, 0.2) is 0 Å². The van der Waals surface area contributed by atoms with Gasteiger partial charge in [0.2, 0.25) is 0 Å². The largest absolute Gasteiger partial charge is 0.462 e. The Hall–Kier alpha value is -0.610. The van der Waals surface area contributed by atoms with Crippen molar-refractivity contribution in [3.8, 4) is 0 Å². The van der Waals surface area contributed by atoms with Gasteiger partial charge in [-0.05, 0) is 32.1 Å². The zero-order valence-electron chi connectivity index (χ0n) is 12.2. The monoisotopic (exact) mass is 270 g/mol. The normalized spacial score (nSPS) is 23.7. The summed E-state index contributed by atoms with van der Waals surface area (Å²) in [6, 6.07) is 0. The molecule has 1 aliphatic carbocycles. The van der Waals surface area contributed by atoms with Crippen LogP contribution in [-0.4, -0.2) is 31.1 Å². The Morgan fingerprint density at radius 2 is 1.79 bits per heavy atom. The van der Waals surface area contributed by atoms with Crippen molar-refractivity contribution in [2.45, 2.75) is 70.7 Å². The molecule has 2 fully saturated rings. The van der Waals surface area contributed by atoms with Gasteiger partial charge in [-0.3, -0.25) is 4.79 Å². The topological polar surface area (TPSA) is 44.8 Å². The average Bonchev–Trinajstić information content (AvgIpc) is 2.46. The molecule has 110 valence electrons. The smallest absolute Gasteiger partial charge is 0.309 e. The van der Waals surface area contributed by atoms with Crippen molar-refractivity contribution in [3.63, 3.8) is 0 Å². The summed E-state index contributed by atoms with van der Waals surface area (Å²) >= 11 is 0. The molecule has 1 aliphatic heterocycles. The SMILES string of the molecule is CCC(CC)OC(=O)C1CCC2(CC1)OCCCO2. The van der Waals surface area contributed by atoms with Crippen molar-refractivity contribution in [2.75, 3.05) is 13.2 Å². The molecule has 0 aromatic carbocycles. The van der Waals surface area contributed by atoms with Gasteiger partial charge in [-0.25, -0.2) is 0 Å². The molecule has 0 radical (unpaired) electrons. The van der Waals surface area contributed by atoms with Crippen LogP contribution in [0.25, 0.3) is 0 Å². The number of carbonyl (C=O) groups excluding carboxylic acids is 1. The molecule has 0 amide bonds. The molecule has 1 spiro atoms. The summed E-state index contributed by atoms with van der Waals surface area (Å²) in [7, 11) is 0. The van der Waals surface area contributed by atoms with Crippen LogP contribution in [0.3, 0.4) is 0 Å². The minimum atomic E-state index is -0.399. The zero-order chi connectivity index (χ0) is 13.7. The fraction of sp³-hybridized carbons (Fsp3) is 0.933. The standard InChI is InChI=1S/C15H26O4/c1-3-13(4-2)19-14(16)12-6-8-15(9-7-12)17-10-5-11-18-15/h12-13H,3-11H2,1-2H3. The molecule has 0 unspecified atom stereocenters. The van der Waals surface area contributed by atoms with E-state index in [0.29, 0.717) is 0 Å². The Balaban J connectivity index is 1.80. The molecule has 1 saturated carbocycles. The average molecular weight is 270 g/mol. The van der Waals surface area contributed by atoms with Crippen molar-refractivity contribution in [1.29, 1.82) is 0 Å². The van der Waals surface area contributed by atoms with Crippen LogP contribution in [0.2, 0.25) is 0 Å². The molecule has 0 bridgehead atoms. The summed E-state index contributed by atoms with van der Waals surface area (Å²) in [5.41, 5.74) is 0. The van der Waals surface area contributed by atoms with Gasteiger partial charge in [0.1, 0.15) is 6.10 Å². The number of hydrogen-bond acceptors (Lipinski definition) is 4. The van der Waals surface area contributed by atoms with E-state index in [1.807, 2.05) is 0 Å². The Morgan fingerprint density at radius 3 is 2.32 bits per heavy atom. The highest BCUT2D eigenvalue weighted by Crippen LogP contribution is 2.38. The number of carbonyl (C=O) groups is 1. The first-order chi connectivity index (χ1) is 9.19. The molecule has 0 aromatic heterocycles. The van der Waals surface area contributed by atoms with Crippen LogP contribution in [0, 0.1) is 5.92 Å². The molecule has 4 nitrogen and oxygen atoms in total. The lowest BCUT2D eigenvalue weighted by molar-refractivity contribution is -0.282. The maximum atomic E-state index is 12.1. The predicted molar refractivity (Wildman–Crippen MR) is 71.7 cm³/mol. The van der Waals surface area contributed by atoms with E-state index in [2.05, 4.69) is 13.8 Å². The van der Waals surface area contributed by atoms with Crippen molar-refractivity contribution in [1.82, 2.24) is 0 Å². The third-order valence-electron chi connectivity index (χ3n) is 4.29. The Labute approximate surface area is 115 Å². The van der Waals surface area contributed by atoms with Crippen LogP contribution in [0.1, 0.15) is 58.8 Å². The second-order valence-corrected chi connectivity index (χ2v) is 5.61. The van der Waals surface area contributed by atoms with Gasteiger partial charge in [-0.2, -0.15) is 0 Å². The van der Waals surface area contributed by atoms with E-state index in [1.165, 1.54) is 0 Å². The molecular weight excluding hydrogens is 244 g/mol. The minimum Gasteiger partial charge on any atom is -0.462 e. The molecule has 19 heavy (non-hydrogen) atoms. The van der Waals surface area contributed by atoms with Crippen LogP contribution in [0.5, 0.6) is 0 Å². The lowest BCUT2D eigenvalue weighted by Crippen LogP contribution is -2.44. The first-order valence-electron chi connectivity index (χ1n) is 7.67. The van der Waals surface area contributed by atoms with Crippen LogP contribution in [-0.2, 0) is 19.0 Å². The minimum absolute atomic E-state index is 0.0281. The van der Waals surface area contributed by atoms with E-state index in [4.69, 9.17) is 14.2 Å². The molecule has 0 atom stereocenters. The van der Waals surface area contributed by atoms with Gasteiger partial charge >= 0.3 is 5.97 Å². The summed E-state index contributed by atoms with van der Waals surface area (Å²) in [6.07, 6.45) is 6.10. The van der Waals surface area contributed by atoms with Crippen molar-refractivity contribution in [3.05, 3.63) is 0 Å². The summed E-state index contributed by atoms with van der Waals surface area (Å²) in [5.74, 6) is -0.399. The van der Waals surface area contributed by atoms with Crippen molar-refractivity contribution < 1.29 is 19.0 Å². The molecule has 4 heteroatoms. The zero-order valence-corrected chi connectivity index (χ0v) is 12.2. The van der Waals surface area contributed by atoms with E-state index < -0.39 is 5.79 Å². The van der Waals surface area contributed by atoms with Gasteiger partial charge in [-0.15, -0.1) is 0 Å². The third-order valence-corrected chi connectivity index (χ3v) is 4.29. The second kappa shape index (κ2) is 6.71. The number of hydrogen-bond donors (Lipinski definition) is 0. The molecular formula is C15H26O4. The van der Waals surface area contributed by atoms with Gasteiger partial charge in [0.05, 0.1) is 19.1 Å². The number of rotatable bonds is 4. The molecule has 0 N–H and O–H groups in total. The Kier molecular flexibility index (Phi) is 5.22. The Bertz CT molecular complexity index is 283. The molecule has 2 aliphatic rings. The predicted octanol–water partition coefficient (Wildman–Crippen LogP) is 3.04. The highest BCUT2D eigenvalue weighted by molar-refractivity contribution is 5.72. The van der Waals surface area contributed by atoms with E-state index in [1.54, 1.807) is 0 Å². The highest BCUT2D eigenvalue weighted by Gasteiger charge is 2.41. The van der Waals surface area contributed by atoms with E-state index in [-0.39, 0.29) is 18.0 Å². The maximum Gasteiger partial charge on any atom is 0.309 e. The van der Waals surface area contributed by atoms with Crippen molar-refractivity contribution in [2.24, 2.45) is 5.92 Å². The van der Waals surface area contributed by atoms with Gasteiger partial charge in [0, 0.05) is 12.8 Å². The van der Waals surface area contributed by atoms with Crippen LogP contribution < -0.4 is 0 Å². The van der Waals surface area contributed by atoms with Gasteiger partial charge in [-0.1, -0.05) is 13.8 Å². The molecule has 2 rings (SSSR count). The fourth-order valence-electron chi connectivity index (χ4n) is 2.91. The highest BCUT2D eigenvalue weighted by atomic mass is 16.7. The molecule has 1 saturated heterocycles. The summed E-state index contributed by atoms with van der Waals surface area (Å²) in [4.78, 5) is 12.1. The first kappa shape index (κ1) is 14.8. The summed E-state index contributed by atoms with van der Waals surface area (Å²) < 4.78 is 17.1. The van der Waals surface area contributed by atoms with E-state index in [0.717, 1.165) is 58.2 Å². The van der Waals surface area contributed by atoms with Gasteiger partial charge in [0.15, 0.2) is 5.79 Å². The van der Waals surface area contributed by atoms with Gasteiger partial charge in [0.25, 0.3) is 0 Å². The first-order valence-corrected chi connectivity index (χ1v) is 7.67. The maximum absolute atomic E-state index is 12.1. The lowest BCUT2D eigenvalue weighted by atomic mass is 9.84. The van der Waals surface area contributed by atoms with Crippen LogP contribution >= 0.6 is 0 Å². The summed E-state index contributed by atoms with van der Waals surface area (Å²) in [5, 5.41) is 0. The third kappa shape index (κ3) is 3.69. The Morgan fingerprint density at radius 1 is 1.21 bits per heavy atom. The molecule has 0 aromatic rings. The number of ether oxygens (including phenoxy) is 3. The quantitative estimate of drug-likeness (QED) is 0.737. The number of esters is 1. The summed E-state index contributed by atoms with van der Waals surface area (Å²) in [6.45, 7) is 5.67. The van der Waals surface area contributed by atoms with E-state index in [9.17, 15) is 4.79 Å². The van der Waals surface area contributed by atoms with E-state index >= 15 is 0 Å². The van der Waals surface area contributed by atoms with Crippen molar-refractivity contribution >= 4 is 5.97 Å².